The summed E-state index contributed by atoms with van der Waals surface area (Å²) < 4.78 is 13.4. The zero-order chi connectivity index (χ0) is 14.5. The number of carbonyl (C=O) groups is 1. The van der Waals surface area contributed by atoms with E-state index in [1.807, 2.05) is 0 Å². The second kappa shape index (κ2) is 8.57. The molecule has 0 bridgehead atoms. The van der Waals surface area contributed by atoms with Crippen molar-refractivity contribution in [1.29, 1.82) is 0 Å². The molecule has 21 heavy (non-hydrogen) atoms. The second-order valence-electron chi connectivity index (χ2n) is 5.34. The lowest BCUT2D eigenvalue weighted by atomic mass is 9.84. The van der Waals surface area contributed by atoms with Crippen molar-refractivity contribution < 1.29 is 9.18 Å². The molecule has 2 rings (SSSR count). The van der Waals surface area contributed by atoms with Gasteiger partial charge in [0.15, 0.2) is 0 Å². The Kier molecular flexibility index (Phi) is 7.43. The number of rotatable bonds is 4. The van der Waals surface area contributed by atoms with Crippen molar-refractivity contribution in [3.05, 3.63) is 34.6 Å². The Bertz CT molecular complexity index is 479. The molecule has 1 aromatic rings. The van der Waals surface area contributed by atoms with Crippen LogP contribution in [0.2, 0.25) is 5.02 Å². The summed E-state index contributed by atoms with van der Waals surface area (Å²) >= 11 is 5.61. The van der Waals surface area contributed by atoms with Gasteiger partial charge < -0.3 is 11.1 Å². The molecule has 0 heterocycles. The summed E-state index contributed by atoms with van der Waals surface area (Å²) in [5.74, 6) is -0.447. The molecule has 1 aliphatic carbocycles. The van der Waals surface area contributed by atoms with E-state index in [2.05, 4.69) is 5.32 Å². The molecule has 0 radical (unpaired) electrons. The number of hydrogen-bond acceptors (Lipinski definition) is 2. The molecule has 1 atom stereocenters. The van der Waals surface area contributed by atoms with Crippen molar-refractivity contribution in [2.75, 3.05) is 6.54 Å². The van der Waals surface area contributed by atoms with Gasteiger partial charge in [0.2, 0.25) is 0 Å². The van der Waals surface area contributed by atoms with Crippen molar-refractivity contribution in [3.8, 4) is 0 Å². The maximum Gasteiger partial charge on any atom is 0.251 e. The lowest BCUT2D eigenvalue weighted by Crippen LogP contribution is -2.45. The first-order valence-corrected chi connectivity index (χ1v) is 7.45. The summed E-state index contributed by atoms with van der Waals surface area (Å²) in [4.78, 5) is 12.1. The van der Waals surface area contributed by atoms with E-state index >= 15 is 0 Å². The number of amides is 1. The first-order chi connectivity index (χ1) is 9.61. The van der Waals surface area contributed by atoms with Gasteiger partial charge >= 0.3 is 0 Å². The SMILES string of the molecule is Cl.NCC(NC(=O)c1ccc(Cl)c(F)c1)C1CCCCC1. The number of nitrogens with one attached hydrogen (secondary N) is 1. The van der Waals surface area contributed by atoms with Crippen LogP contribution in [0.4, 0.5) is 4.39 Å². The first-order valence-electron chi connectivity index (χ1n) is 7.08. The first kappa shape index (κ1) is 18.2. The van der Waals surface area contributed by atoms with Gasteiger partial charge in [-0.1, -0.05) is 30.9 Å². The molecule has 1 fully saturated rings. The van der Waals surface area contributed by atoms with Crippen molar-refractivity contribution in [2.45, 2.75) is 38.1 Å². The monoisotopic (exact) mass is 334 g/mol. The molecule has 0 aromatic heterocycles. The summed E-state index contributed by atoms with van der Waals surface area (Å²) in [6.07, 6.45) is 5.82. The van der Waals surface area contributed by atoms with Crippen molar-refractivity contribution in [3.63, 3.8) is 0 Å². The fourth-order valence-corrected chi connectivity index (χ4v) is 2.91. The molecule has 0 spiro atoms. The minimum Gasteiger partial charge on any atom is -0.348 e. The third-order valence-corrected chi connectivity index (χ3v) is 4.28. The lowest BCUT2D eigenvalue weighted by molar-refractivity contribution is 0.0915. The van der Waals surface area contributed by atoms with Gasteiger partial charge in [-0.15, -0.1) is 12.4 Å². The molecule has 118 valence electrons. The third kappa shape index (κ3) is 4.83. The predicted octanol–water partition coefficient (Wildman–Crippen LogP) is 3.54. The fourth-order valence-electron chi connectivity index (χ4n) is 2.79. The van der Waals surface area contributed by atoms with Crippen molar-refractivity contribution >= 4 is 29.9 Å². The maximum atomic E-state index is 13.4. The molecule has 1 aliphatic rings. The summed E-state index contributed by atoms with van der Waals surface area (Å²) in [6, 6.07) is 4.03. The van der Waals surface area contributed by atoms with Crippen molar-refractivity contribution in [2.24, 2.45) is 11.7 Å². The van der Waals surface area contributed by atoms with Crippen LogP contribution in [0.15, 0.2) is 18.2 Å². The minimum atomic E-state index is -0.582. The summed E-state index contributed by atoms with van der Waals surface area (Å²) in [5, 5.41) is 2.94. The number of halogens is 3. The number of nitrogens with two attached hydrogens (primary N) is 1. The highest BCUT2D eigenvalue weighted by atomic mass is 35.5. The molecule has 1 saturated carbocycles. The molecular weight excluding hydrogens is 314 g/mol. The fraction of sp³-hybridized carbons (Fsp3) is 0.533. The van der Waals surface area contributed by atoms with Gasteiger partial charge in [0, 0.05) is 18.2 Å². The summed E-state index contributed by atoms with van der Waals surface area (Å²) in [6.45, 7) is 0.409. The average Bonchev–Trinajstić information content (AvgIpc) is 2.48. The number of hydrogen-bond donors (Lipinski definition) is 2. The Morgan fingerprint density at radius 3 is 2.62 bits per heavy atom. The van der Waals surface area contributed by atoms with Gasteiger partial charge in [0.1, 0.15) is 5.82 Å². The smallest absolute Gasteiger partial charge is 0.251 e. The topological polar surface area (TPSA) is 55.1 Å². The van der Waals surface area contributed by atoms with Gasteiger partial charge in [0.25, 0.3) is 5.91 Å². The van der Waals surface area contributed by atoms with E-state index in [1.165, 1.54) is 31.4 Å². The Morgan fingerprint density at radius 2 is 2.05 bits per heavy atom. The van der Waals surface area contributed by atoms with Crippen LogP contribution in [0.1, 0.15) is 42.5 Å². The number of benzene rings is 1. The van der Waals surface area contributed by atoms with Gasteiger partial charge in [-0.05, 0) is 37.0 Å². The lowest BCUT2D eigenvalue weighted by Gasteiger charge is -2.30. The Hall–Kier alpha value is -0.840. The zero-order valence-corrected chi connectivity index (χ0v) is 13.4. The molecule has 3 nitrogen and oxygen atoms in total. The highest BCUT2D eigenvalue weighted by molar-refractivity contribution is 6.30. The van der Waals surface area contributed by atoms with E-state index in [4.69, 9.17) is 17.3 Å². The third-order valence-electron chi connectivity index (χ3n) is 3.97. The molecular formula is C15H21Cl2FN2O. The van der Waals surface area contributed by atoms with Gasteiger partial charge in [-0.2, -0.15) is 0 Å². The van der Waals surface area contributed by atoms with Crippen LogP contribution in [-0.4, -0.2) is 18.5 Å². The minimum absolute atomic E-state index is 0. The van der Waals surface area contributed by atoms with E-state index in [9.17, 15) is 9.18 Å². The van der Waals surface area contributed by atoms with Gasteiger partial charge in [-0.3, -0.25) is 4.79 Å². The number of carbonyl (C=O) groups excluding carboxylic acids is 1. The molecule has 0 aliphatic heterocycles. The van der Waals surface area contributed by atoms with Crippen LogP contribution < -0.4 is 11.1 Å². The molecule has 6 heteroatoms. The quantitative estimate of drug-likeness (QED) is 0.884. The Balaban J connectivity index is 0.00000220. The van der Waals surface area contributed by atoms with Gasteiger partial charge in [-0.25, -0.2) is 4.39 Å². The van der Waals surface area contributed by atoms with Crippen LogP contribution in [0.25, 0.3) is 0 Å². The van der Waals surface area contributed by atoms with E-state index < -0.39 is 5.82 Å². The normalized spacial score (nSPS) is 16.9. The van der Waals surface area contributed by atoms with Crippen LogP contribution in [0.5, 0.6) is 0 Å². The largest absolute Gasteiger partial charge is 0.348 e. The average molecular weight is 335 g/mol. The van der Waals surface area contributed by atoms with Crippen LogP contribution in [0.3, 0.4) is 0 Å². The van der Waals surface area contributed by atoms with Gasteiger partial charge in [0.05, 0.1) is 5.02 Å². The molecule has 1 amide bonds. The Morgan fingerprint density at radius 1 is 1.38 bits per heavy atom. The highest BCUT2D eigenvalue weighted by Gasteiger charge is 2.24. The van der Waals surface area contributed by atoms with E-state index in [0.717, 1.165) is 18.9 Å². The summed E-state index contributed by atoms with van der Waals surface area (Å²) in [7, 11) is 0. The van der Waals surface area contributed by atoms with Crippen LogP contribution in [0, 0.1) is 11.7 Å². The second-order valence-corrected chi connectivity index (χ2v) is 5.75. The zero-order valence-electron chi connectivity index (χ0n) is 11.8. The molecule has 1 aromatic carbocycles. The maximum absolute atomic E-state index is 13.4. The molecule has 3 N–H and O–H groups in total. The van der Waals surface area contributed by atoms with Crippen molar-refractivity contribution in [1.82, 2.24) is 5.32 Å². The van der Waals surface area contributed by atoms with E-state index in [1.54, 1.807) is 0 Å². The highest BCUT2D eigenvalue weighted by Crippen LogP contribution is 2.26. The van der Waals surface area contributed by atoms with E-state index in [0.29, 0.717) is 12.5 Å². The standard InChI is InChI=1S/C15H20ClFN2O.ClH/c16-12-7-6-11(8-13(12)17)15(20)19-14(9-18)10-4-2-1-3-5-10;/h6-8,10,14H,1-5,9,18H2,(H,19,20);1H. The predicted molar refractivity (Wildman–Crippen MR) is 85.5 cm³/mol. The Labute approximate surface area is 135 Å². The van der Waals surface area contributed by atoms with E-state index in [-0.39, 0.29) is 34.9 Å². The summed E-state index contributed by atoms with van der Waals surface area (Å²) in [5.41, 5.74) is 6.05. The molecule has 0 saturated heterocycles. The molecule has 1 unspecified atom stereocenters. The van der Waals surface area contributed by atoms with Crippen LogP contribution in [-0.2, 0) is 0 Å². The van der Waals surface area contributed by atoms with Crippen LogP contribution >= 0.6 is 24.0 Å².